The molecule has 2 heterocycles. The first-order chi connectivity index (χ1) is 20.5. The summed E-state index contributed by atoms with van der Waals surface area (Å²) in [6.45, 7) is 0. The van der Waals surface area contributed by atoms with Gasteiger partial charge in [0.2, 0.25) is 0 Å². The molecule has 2 heteroatoms. The number of aromatic nitrogens is 2. The van der Waals surface area contributed by atoms with Crippen LogP contribution in [-0.2, 0) is 0 Å². The standard InChI is InChI=1S/C36H24N2/c1-2-12-25(13-3-1)26-14-10-15-27(24-26)37-33-21-9-6-18-30(33)36-34(37)22-11-23-35(36)38-31-19-7-4-16-28(31)29-17-5-8-20-32(29)38/h1-24H/i4D,7D,16D,19D. The van der Waals surface area contributed by atoms with Crippen molar-refractivity contribution in [3.63, 3.8) is 0 Å². The SMILES string of the molecule is [2H]c1c([2H])c([2H])c2c(c1[2H])c1ccccc1n2-c1cccc2c1c1ccccc1n2-c1cccc(-c2ccccc2)c1. The maximum Gasteiger partial charge on any atom is 0.0645 e. The van der Waals surface area contributed by atoms with Gasteiger partial charge in [-0.1, -0.05) is 103 Å². The highest BCUT2D eigenvalue weighted by Gasteiger charge is 2.19. The van der Waals surface area contributed by atoms with Gasteiger partial charge in [-0.2, -0.15) is 0 Å². The van der Waals surface area contributed by atoms with E-state index in [1.165, 1.54) is 0 Å². The molecule has 0 amide bonds. The van der Waals surface area contributed by atoms with Crippen molar-refractivity contribution in [2.75, 3.05) is 0 Å². The number of hydrogen-bond donors (Lipinski definition) is 0. The van der Waals surface area contributed by atoms with E-state index in [1.54, 1.807) is 0 Å². The zero-order valence-electron chi connectivity index (χ0n) is 24.4. The van der Waals surface area contributed by atoms with Crippen LogP contribution >= 0.6 is 0 Å². The third-order valence-electron chi connectivity index (χ3n) is 7.43. The summed E-state index contributed by atoms with van der Waals surface area (Å²) in [4.78, 5) is 0. The van der Waals surface area contributed by atoms with Gasteiger partial charge in [-0.3, -0.25) is 0 Å². The van der Waals surface area contributed by atoms with Crippen molar-refractivity contribution >= 4 is 43.6 Å². The van der Waals surface area contributed by atoms with Crippen LogP contribution in [0.1, 0.15) is 5.48 Å². The molecule has 38 heavy (non-hydrogen) atoms. The average molecular weight is 489 g/mol. The van der Waals surface area contributed by atoms with Crippen LogP contribution in [0.3, 0.4) is 0 Å². The van der Waals surface area contributed by atoms with E-state index in [0.29, 0.717) is 10.9 Å². The molecule has 6 aromatic carbocycles. The molecule has 0 aliphatic carbocycles. The highest BCUT2D eigenvalue weighted by Crippen LogP contribution is 2.40. The molecule has 0 bridgehead atoms. The van der Waals surface area contributed by atoms with Crippen LogP contribution in [-0.4, -0.2) is 9.13 Å². The number of para-hydroxylation sites is 3. The van der Waals surface area contributed by atoms with E-state index < -0.39 is 0 Å². The number of nitrogens with zero attached hydrogens (tertiary/aromatic N) is 2. The van der Waals surface area contributed by atoms with Crippen LogP contribution in [0.2, 0.25) is 0 Å². The molecule has 0 aliphatic heterocycles. The molecule has 2 nitrogen and oxygen atoms in total. The van der Waals surface area contributed by atoms with Crippen LogP contribution < -0.4 is 0 Å². The van der Waals surface area contributed by atoms with E-state index in [9.17, 15) is 0 Å². The Morgan fingerprint density at radius 2 is 1.11 bits per heavy atom. The Bertz CT molecular complexity index is 2350. The van der Waals surface area contributed by atoms with Gasteiger partial charge in [0.1, 0.15) is 0 Å². The highest BCUT2D eigenvalue weighted by atomic mass is 15.0. The van der Waals surface area contributed by atoms with Crippen LogP contribution in [0.4, 0.5) is 0 Å². The maximum atomic E-state index is 8.95. The zero-order valence-corrected chi connectivity index (χ0v) is 20.4. The van der Waals surface area contributed by atoms with Crippen molar-refractivity contribution < 1.29 is 5.48 Å². The number of benzene rings is 6. The van der Waals surface area contributed by atoms with Gasteiger partial charge in [-0.15, -0.1) is 0 Å². The van der Waals surface area contributed by atoms with Gasteiger partial charge in [0, 0.05) is 27.2 Å². The Hall–Kier alpha value is -5.08. The first-order valence-electron chi connectivity index (χ1n) is 14.7. The predicted molar refractivity (Wildman–Crippen MR) is 161 cm³/mol. The number of fused-ring (bicyclic) bond motifs is 6. The van der Waals surface area contributed by atoms with Gasteiger partial charge < -0.3 is 9.13 Å². The predicted octanol–water partition coefficient (Wildman–Crippen LogP) is 9.55. The lowest BCUT2D eigenvalue weighted by molar-refractivity contribution is 1.17. The molecule has 0 aliphatic rings. The van der Waals surface area contributed by atoms with E-state index in [-0.39, 0.29) is 24.2 Å². The summed E-state index contributed by atoms with van der Waals surface area (Å²) in [5.74, 6) is 0. The van der Waals surface area contributed by atoms with Crippen molar-refractivity contribution in [1.82, 2.24) is 9.13 Å². The summed E-state index contributed by atoms with van der Waals surface area (Å²) in [6, 6.07) is 40.7. The Morgan fingerprint density at radius 1 is 0.447 bits per heavy atom. The summed E-state index contributed by atoms with van der Waals surface area (Å²) >= 11 is 0. The van der Waals surface area contributed by atoms with E-state index in [4.69, 9.17) is 5.48 Å². The van der Waals surface area contributed by atoms with Gasteiger partial charge in [-0.05, 0) is 53.6 Å². The van der Waals surface area contributed by atoms with Crippen LogP contribution in [0.25, 0.3) is 66.1 Å². The van der Waals surface area contributed by atoms with E-state index in [0.717, 1.165) is 55.2 Å². The largest absolute Gasteiger partial charge is 0.309 e. The lowest BCUT2D eigenvalue weighted by atomic mass is 10.1. The summed E-state index contributed by atoms with van der Waals surface area (Å²) in [7, 11) is 0. The minimum atomic E-state index is -0.233. The number of hydrogen-bond acceptors (Lipinski definition) is 0. The van der Waals surface area contributed by atoms with Crippen molar-refractivity contribution in [2.45, 2.75) is 0 Å². The molecular weight excluding hydrogens is 460 g/mol. The third kappa shape index (κ3) is 3.01. The quantitative estimate of drug-likeness (QED) is 0.234. The fourth-order valence-electron chi connectivity index (χ4n) is 5.84. The second-order valence-corrected chi connectivity index (χ2v) is 9.52. The molecular formula is C36H24N2. The second kappa shape index (κ2) is 8.22. The molecule has 0 atom stereocenters. The smallest absolute Gasteiger partial charge is 0.0645 e. The fraction of sp³-hybridized carbons (Fsp3) is 0. The fourth-order valence-corrected chi connectivity index (χ4v) is 5.84. The molecule has 0 saturated heterocycles. The first kappa shape index (κ1) is 17.4. The Kier molecular flexibility index (Phi) is 3.76. The molecule has 0 spiro atoms. The summed E-state index contributed by atoms with van der Waals surface area (Å²) in [5, 5.41) is 3.43. The molecule has 0 unspecified atom stereocenters. The first-order valence-corrected chi connectivity index (χ1v) is 12.7. The monoisotopic (exact) mass is 488 g/mol. The third-order valence-corrected chi connectivity index (χ3v) is 7.43. The van der Waals surface area contributed by atoms with Crippen molar-refractivity contribution in [3.8, 4) is 22.5 Å². The second-order valence-electron chi connectivity index (χ2n) is 9.52. The van der Waals surface area contributed by atoms with Gasteiger partial charge in [-0.25, -0.2) is 0 Å². The number of rotatable bonds is 3. The van der Waals surface area contributed by atoms with Gasteiger partial charge in [0.05, 0.1) is 33.2 Å². The van der Waals surface area contributed by atoms with Gasteiger partial charge in [0.15, 0.2) is 0 Å². The van der Waals surface area contributed by atoms with Crippen LogP contribution in [0.5, 0.6) is 0 Å². The summed E-state index contributed by atoms with van der Waals surface area (Å²) < 4.78 is 38.9. The molecule has 0 fully saturated rings. The van der Waals surface area contributed by atoms with E-state index >= 15 is 0 Å². The summed E-state index contributed by atoms with van der Waals surface area (Å²) in [5.41, 5.74) is 7.61. The van der Waals surface area contributed by atoms with E-state index in [2.05, 4.69) is 77.4 Å². The van der Waals surface area contributed by atoms with Crippen molar-refractivity contribution in [3.05, 3.63) is 145 Å². The Labute approximate surface area is 226 Å². The van der Waals surface area contributed by atoms with E-state index in [1.807, 2.05) is 53.1 Å². The average Bonchev–Trinajstić information content (AvgIpc) is 3.57. The van der Waals surface area contributed by atoms with Gasteiger partial charge >= 0.3 is 0 Å². The molecule has 0 saturated carbocycles. The van der Waals surface area contributed by atoms with Gasteiger partial charge in [0.25, 0.3) is 0 Å². The molecule has 2 aromatic heterocycles. The summed E-state index contributed by atoms with van der Waals surface area (Å²) in [6.07, 6.45) is 0. The van der Waals surface area contributed by atoms with Crippen LogP contribution in [0.15, 0.2) is 145 Å². The Morgan fingerprint density at radius 3 is 1.97 bits per heavy atom. The lowest BCUT2D eigenvalue weighted by Gasteiger charge is -2.12. The highest BCUT2D eigenvalue weighted by molar-refractivity contribution is 6.16. The minimum Gasteiger partial charge on any atom is -0.309 e. The normalized spacial score (nSPS) is 13.2. The van der Waals surface area contributed by atoms with Crippen molar-refractivity contribution in [2.24, 2.45) is 0 Å². The lowest BCUT2D eigenvalue weighted by Crippen LogP contribution is -1.96. The Balaban J connectivity index is 1.51. The molecule has 0 N–H and O–H groups in total. The maximum absolute atomic E-state index is 8.95. The minimum absolute atomic E-state index is 0.0201. The topological polar surface area (TPSA) is 9.86 Å². The molecule has 8 aromatic rings. The van der Waals surface area contributed by atoms with Crippen molar-refractivity contribution in [1.29, 1.82) is 0 Å². The molecule has 8 rings (SSSR count). The molecule has 178 valence electrons. The van der Waals surface area contributed by atoms with Crippen LogP contribution in [0, 0.1) is 0 Å². The molecule has 0 radical (unpaired) electrons. The zero-order chi connectivity index (χ0) is 28.5.